The number of fused-ring (bicyclic) bond motifs is 2. The summed E-state index contributed by atoms with van der Waals surface area (Å²) in [7, 11) is 0. The third-order valence-corrected chi connectivity index (χ3v) is 1.55. The number of carbonyl (C=O) groups is 1. The van der Waals surface area contributed by atoms with E-state index in [4.69, 9.17) is 0 Å². The van der Waals surface area contributed by atoms with Crippen LogP contribution in [0.15, 0.2) is 5.16 Å². The Bertz CT molecular complexity index is 187. The van der Waals surface area contributed by atoms with E-state index in [-0.39, 0.29) is 6.09 Å². The van der Waals surface area contributed by atoms with E-state index in [2.05, 4.69) is 9.99 Å². The maximum Gasteiger partial charge on any atom is 0.436 e. The standard InChI is InChI=1S/C5H6N2O2/c8-5-7-2-1-4(3-7)6-9-5/h1-3H2. The summed E-state index contributed by atoms with van der Waals surface area (Å²) in [6.07, 6.45) is 0.572. The molecule has 1 amide bonds. The molecule has 0 aromatic carbocycles. The SMILES string of the molecule is O=C1ON=C2CCN1C2. The molecular formula is C5H6N2O2. The first-order valence-corrected chi connectivity index (χ1v) is 2.88. The van der Waals surface area contributed by atoms with E-state index in [0.29, 0.717) is 6.54 Å². The lowest BCUT2D eigenvalue weighted by Gasteiger charge is -2.13. The Morgan fingerprint density at radius 1 is 1.67 bits per heavy atom. The Balaban J connectivity index is 2.30. The number of hydrogen-bond donors (Lipinski definition) is 0. The van der Waals surface area contributed by atoms with E-state index in [1.165, 1.54) is 0 Å². The Morgan fingerprint density at radius 3 is 3.33 bits per heavy atom. The van der Waals surface area contributed by atoms with E-state index in [0.717, 1.165) is 18.7 Å². The summed E-state index contributed by atoms with van der Waals surface area (Å²) >= 11 is 0. The summed E-state index contributed by atoms with van der Waals surface area (Å²) in [6.45, 7) is 1.45. The van der Waals surface area contributed by atoms with Gasteiger partial charge in [0.15, 0.2) is 0 Å². The van der Waals surface area contributed by atoms with Gasteiger partial charge in [-0.1, -0.05) is 5.16 Å². The first kappa shape index (κ1) is 4.78. The zero-order valence-corrected chi connectivity index (χ0v) is 4.83. The maximum absolute atomic E-state index is 10.6. The zero-order chi connectivity index (χ0) is 6.27. The van der Waals surface area contributed by atoms with Crippen molar-refractivity contribution in [3.63, 3.8) is 0 Å². The predicted octanol–water partition coefficient (Wildman–Crippen LogP) is 0.198. The molecule has 0 unspecified atom stereocenters. The van der Waals surface area contributed by atoms with Crippen LogP contribution in [0.3, 0.4) is 0 Å². The third kappa shape index (κ3) is 0.590. The van der Waals surface area contributed by atoms with Gasteiger partial charge in [-0.3, -0.25) is 4.84 Å². The molecule has 2 rings (SSSR count). The normalized spacial score (nSPS) is 23.8. The molecule has 0 spiro atoms. The lowest BCUT2D eigenvalue weighted by Crippen LogP contribution is -2.31. The first-order chi connectivity index (χ1) is 4.36. The topological polar surface area (TPSA) is 41.9 Å². The fraction of sp³-hybridized carbons (Fsp3) is 0.600. The van der Waals surface area contributed by atoms with Crippen LogP contribution < -0.4 is 0 Å². The van der Waals surface area contributed by atoms with Crippen molar-refractivity contribution in [1.82, 2.24) is 4.90 Å². The molecule has 9 heavy (non-hydrogen) atoms. The molecule has 1 fully saturated rings. The molecule has 2 aliphatic heterocycles. The average Bonchev–Trinajstić information content (AvgIpc) is 2.25. The minimum Gasteiger partial charge on any atom is -0.300 e. The van der Waals surface area contributed by atoms with Crippen LogP contribution in [0.1, 0.15) is 6.42 Å². The van der Waals surface area contributed by atoms with Crippen LogP contribution in [-0.4, -0.2) is 29.8 Å². The monoisotopic (exact) mass is 126 g/mol. The predicted molar refractivity (Wildman–Crippen MR) is 30.1 cm³/mol. The van der Waals surface area contributed by atoms with Gasteiger partial charge in [0.05, 0.1) is 12.3 Å². The summed E-state index contributed by atoms with van der Waals surface area (Å²) in [6, 6.07) is 0. The molecule has 0 N–H and O–H groups in total. The van der Waals surface area contributed by atoms with E-state index in [1.807, 2.05) is 0 Å². The van der Waals surface area contributed by atoms with Gasteiger partial charge in [0, 0.05) is 13.0 Å². The van der Waals surface area contributed by atoms with Crippen LogP contribution in [0.2, 0.25) is 0 Å². The highest BCUT2D eigenvalue weighted by molar-refractivity contribution is 5.93. The molecule has 0 atom stereocenters. The van der Waals surface area contributed by atoms with Crippen LogP contribution in [0.4, 0.5) is 4.79 Å². The lowest BCUT2D eigenvalue weighted by molar-refractivity contribution is 0.110. The number of nitrogens with zero attached hydrogens (tertiary/aromatic N) is 2. The fourth-order valence-electron chi connectivity index (χ4n) is 1.03. The van der Waals surface area contributed by atoms with Gasteiger partial charge >= 0.3 is 6.09 Å². The average molecular weight is 126 g/mol. The molecule has 0 radical (unpaired) electrons. The van der Waals surface area contributed by atoms with Crippen molar-refractivity contribution in [2.75, 3.05) is 13.1 Å². The van der Waals surface area contributed by atoms with Crippen LogP contribution in [0.5, 0.6) is 0 Å². The first-order valence-electron chi connectivity index (χ1n) is 2.88. The fourth-order valence-corrected chi connectivity index (χ4v) is 1.03. The van der Waals surface area contributed by atoms with Gasteiger partial charge in [-0.15, -0.1) is 0 Å². The van der Waals surface area contributed by atoms with Crippen molar-refractivity contribution in [2.45, 2.75) is 6.42 Å². The molecule has 0 aliphatic carbocycles. The summed E-state index contributed by atoms with van der Waals surface area (Å²) < 4.78 is 0. The molecule has 0 aromatic heterocycles. The van der Waals surface area contributed by atoms with Crippen molar-refractivity contribution < 1.29 is 9.63 Å². The van der Waals surface area contributed by atoms with Gasteiger partial charge in [0.25, 0.3) is 0 Å². The van der Waals surface area contributed by atoms with Crippen LogP contribution in [-0.2, 0) is 4.84 Å². The smallest absolute Gasteiger partial charge is 0.300 e. The third-order valence-electron chi connectivity index (χ3n) is 1.55. The number of rotatable bonds is 0. The highest BCUT2D eigenvalue weighted by Gasteiger charge is 2.28. The molecule has 4 heteroatoms. The number of amides is 1. The van der Waals surface area contributed by atoms with Crippen molar-refractivity contribution in [3.05, 3.63) is 0 Å². The highest BCUT2D eigenvalue weighted by atomic mass is 16.7. The molecule has 48 valence electrons. The Hall–Kier alpha value is -1.06. The van der Waals surface area contributed by atoms with Crippen LogP contribution in [0.25, 0.3) is 0 Å². The lowest BCUT2D eigenvalue weighted by atomic mass is 10.3. The molecule has 0 aromatic rings. The van der Waals surface area contributed by atoms with E-state index < -0.39 is 0 Å². The summed E-state index contributed by atoms with van der Waals surface area (Å²) in [4.78, 5) is 16.7. The molecule has 2 bridgehead atoms. The van der Waals surface area contributed by atoms with Gasteiger partial charge in [-0.05, 0) is 0 Å². The maximum atomic E-state index is 10.6. The largest absolute Gasteiger partial charge is 0.436 e. The molecule has 1 saturated heterocycles. The van der Waals surface area contributed by atoms with Crippen LogP contribution >= 0.6 is 0 Å². The highest BCUT2D eigenvalue weighted by Crippen LogP contribution is 2.12. The van der Waals surface area contributed by atoms with Gasteiger partial charge < -0.3 is 4.90 Å². The summed E-state index contributed by atoms with van der Waals surface area (Å²) in [5.41, 5.74) is 0.981. The molecule has 2 aliphatic rings. The Morgan fingerprint density at radius 2 is 2.56 bits per heavy atom. The molecule has 2 heterocycles. The second-order valence-electron chi connectivity index (χ2n) is 2.19. The Kier molecular flexibility index (Phi) is 0.777. The molecule has 0 saturated carbocycles. The van der Waals surface area contributed by atoms with Gasteiger partial charge in [-0.25, -0.2) is 4.79 Å². The second kappa shape index (κ2) is 1.46. The molecule has 4 nitrogen and oxygen atoms in total. The van der Waals surface area contributed by atoms with Crippen LogP contribution in [0, 0.1) is 0 Å². The van der Waals surface area contributed by atoms with E-state index in [1.54, 1.807) is 4.90 Å². The van der Waals surface area contributed by atoms with Gasteiger partial charge in [0.2, 0.25) is 0 Å². The van der Waals surface area contributed by atoms with Gasteiger partial charge in [0.1, 0.15) is 0 Å². The number of carbonyl (C=O) groups excluding carboxylic acids is 1. The molecular weight excluding hydrogens is 120 g/mol. The second-order valence-corrected chi connectivity index (χ2v) is 2.19. The quantitative estimate of drug-likeness (QED) is 0.435. The van der Waals surface area contributed by atoms with E-state index in [9.17, 15) is 4.79 Å². The van der Waals surface area contributed by atoms with Crippen molar-refractivity contribution in [1.29, 1.82) is 0 Å². The summed E-state index contributed by atoms with van der Waals surface area (Å²) in [5, 5.41) is 3.60. The minimum absolute atomic E-state index is 0.309. The van der Waals surface area contributed by atoms with Crippen molar-refractivity contribution in [2.24, 2.45) is 5.16 Å². The number of oxime groups is 1. The summed E-state index contributed by atoms with van der Waals surface area (Å²) in [5.74, 6) is 0. The zero-order valence-electron chi connectivity index (χ0n) is 4.83. The minimum atomic E-state index is -0.309. The number of hydrogen-bond acceptors (Lipinski definition) is 3. The Labute approximate surface area is 52.1 Å². The van der Waals surface area contributed by atoms with Crippen molar-refractivity contribution in [3.8, 4) is 0 Å². The van der Waals surface area contributed by atoms with Crippen molar-refractivity contribution >= 4 is 11.8 Å². The van der Waals surface area contributed by atoms with Gasteiger partial charge in [-0.2, -0.15) is 0 Å². The van der Waals surface area contributed by atoms with E-state index >= 15 is 0 Å².